The minimum Gasteiger partial charge on any atom is -0.395 e. The molecule has 0 bridgehead atoms. The van der Waals surface area contributed by atoms with Gasteiger partial charge >= 0.3 is 5.88 Å². The Morgan fingerprint density at radius 3 is 2.63 bits per heavy atom. The third kappa shape index (κ3) is 3.07. The van der Waals surface area contributed by atoms with E-state index in [2.05, 4.69) is 0 Å². The summed E-state index contributed by atoms with van der Waals surface area (Å²) in [7, 11) is 0. The van der Waals surface area contributed by atoms with Crippen LogP contribution in [0.5, 0.6) is 0 Å². The number of furan rings is 1. The highest BCUT2D eigenvalue weighted by Crippen LogP contribution is 2.25. The number of hydrogen-bond acceptors (Lipinski definition) is 4. The van der Waals surface area contributed by atoms with Crippen molar-refractivity contribution in [3.63, 3.8) is 0 Å². The molecule has 0 radical (unpaired) electrons. The van der Waals surface area contributed by atoms with Crippen LogP contribution in [0, 0.1) is 16.0 Å². The fourth-order valence-corrected chi connectivity index (χ4v) is 2.51. The first-order valence-corrected chi connectivity index (χ1v) is 6.60. The first-order chi connectivity index (χ1) is 8.99. The molecule has 1 aliphatic heterocycles. The Bertz CT molecular complexity index is 478. The Kier molecular flexibility index (Phi) is 4.09. The number of halogens is 1. The maximum Gasteiger partial charge on any atom is 0.433 e. The van der Waals surface area contributed by atoms with Crippen molar-refractivity contribution in [1.82, 2.24) is 4.90 Å². The highest BCUT2D eigenvalue weighted by Gasteiger charge is 2.28. The van der Waals surface area contributed by atoms with Crippen LogP contribution in [0.25, 0.3) is 0 Å². The lowest BCUT2D eigenvalue weighted by Gasteiger charge is -2.32. The molecule has 0 spiro atoms. The second-order valence-corrected chi connectivity index (χ2v) is 5.39. The molecule has 2 heterocycles. The standard InChI is InChI=1S/C12H15ClN2O4/c1-8(13)9-4-6-14(7-5-9)12(16)10-2-3-11(19-10)15(17)18/h2-3,8-9H,4-7H2,1H3. The van der Waals surface area contributed by atoms with Crippen molar-refractivity contribution < 1.29 is 14.1 Å². The summed E-state index contributed by atoms with van der Waals surface area (Å²) in [4.78, 5) is 23.6. The fraction of sp³-hybridized carbons (Fsp3) is 0.583. The monoisotopic (exact) mass is 286 g/mol. The number of alkyl halides is 1. The number of carbonyl (C=O) groups excluding carboxylic acids is 1. The van der Waals surface area contributed by atoms with Crippen LogP contribution < -0.4 is 0 Å². The molecule has 2 rings (SSSR count). The predicted octanol–water partition coefficient (Wildman–Crippen LogP) is 2.67. The van der Waals surface area contributed by atoms with Gasteiger partial charge in [-0.2, -0.15) is 0 Å². The highest BCUT2D eigenvalue weighted by atomic mass is 35.5. The second kappa shape index (κ2) is 5.61. The molecule has 104 valence electrons. The predicted molar refractivity (Wildman–Crippen MR) is 69.3 cm³/mol. The van der Waals surface area contributed by atoms with Gasteiger partial charge < -0.3 is 9.32 Å². The van der Waals surface area contributed by atoms with E-state index < -0.39 is 10.8 Å². The first kappa shape index (κ1) is 13.9. The number of nitrogens with zero attached hydrogens (tertiary/aromatic N) is 2. The maximum atomic E-state index is 12.1. The van der Waals surface area contributed by atoms with E-state index in [1.165, 1.54) is 12.1 Å². The zero-order valence-corrected chi connectivity index (χ0v) is 11.3. The zero-order chi connectivity index (χ0) is 14.0. The van der Waals surface area contributed by atoms with Crippen molar-refractivity contribution in [1.29, 1.82) is 0 Å². The summed E-state index contributed by atoms with van der Waals surface area (Å²) in [5.74, 6) is -0.276. The molecule has 1 unspecified atom stereocenters. The van der Waals surface area contributed by atoms with Crippen LogP contribution in [0.4, 0.5) is 5.88 Å². The molecular weight excluding hydrogens is 272 g/mol. The van der Waals surface area contributed by atoms with Gasteiger partial charge in [-0.1, -0.05) is 0 Å². The van der Waals surface area contributed by atoms with E-state index in [9.17, 15) is 14.9 Å². The summed E-state index contributed by atoms with van der Waals surface area (Å²) in [5, 5.41) is 10.6. The second-order valence-electron chi connectivity index (χ2n) is 4.70. The van der Waals surface area contributed by atoms with Gasteiger partial charge in [-0.25, -0.2) is 0 Å². The molecule has 0 saturated carbocycles. The van der Waals surface area contributed by atoms with Gasteiger partial charge in [0.05, 0.1) is 6.07 Å². The van der Waals surface area contributed by atoms with Gasteiger partial charge in [0.2, 0.25) is 0 Å². The highest BCUT2D eigenvalue weighted by molar-refractivity contribution is 6.20. The van der Waals surface area contributed by atoms with Crippen LogP contribution in [0.15, 0.2) is 16.5 Å². The van der Waals surface area contributed by atoms with Gasteiger partial charge in [-0.3, -0.25) is 14.9 Å². The van der Waals surface area contributed by atoms with Gasteiger partial charge in [0, 0.05) is 18.5 Å². The number of hydrogen-bond donors (Lipinski definition) is 0. The Hall–Kier alpha value is -1.56. The van der Waals surface area contributed by atoms with Crippen LogP contribution in [-0.4, -0.2) is 34.2 Å². The molecule has 19 heavy (non-hydrogen) atoms. The Morgan fingerprint density at radius 2 is 2.16 bits per heavy atom. The van der Waals surface area contributed by atoms with Crippen molar-refractivity contribution in [3.05, 3.63) is 28.0 Å². The third-order valence-electron chi connectivity index (χ3n) is 3.46. The topological polar surface area (TPSA) is 76.6 Å². The first-order valence-electron chi connectivity index (χ1n) is 6.16. The Balaban J connectivity index is 1.99. The molecule has 1 aliphatic rings. The molecule has 0 aliphatic carbocycles. The quantitative estimate of drug-likeness (QED) is 0.486. The average Bonchev–Trinajstić information content (AvgIpc) is 2.87. The molecule has 0 aromatic carbocycles. The number of nitro groups is 1. The Morgan fingerprint density at radius 1 is 1.53 bits per heavy atom. The van der Waals surface area contributed by atoms with Crippen LogP contribution in [0.1, 0.15) is 30.3 Å². The zero-order valence-electron chi connectivity index (χ0n) is 10.5. The molecule has 1 saturated heterocycles. The summed E-state index contributed by atoms with van der Waals surface area (Å²) < 4.78 is 4.92. The van der Waals surface area contributed by atoms with Crippen LogP contribution in [0.2, 0.25) is 0 Å². The molecule has 0 N–H and O–H groups in total. The summed E-state index contributed by atoms with van der Waals surface area (Å²) in [6, 6.07) is 2.54. The summed E-state index contributed by atoms with van der Waals surface area (Å²) >= 11 is 6.04. The summed E-state index contributed by atoms with van der Waals surface area (Å²) in [6.45, 7) is 3.17. The van der Waals surface area contributed by atoms with Crippen molar-refractivity contribution in [2.75, 3.05) is 13.1 Å². The van der Waals surface area contributed by atoms with Gasteiger partial charge in [0.15, 0.2) is 5.76 Å². The van der Waals surface area contributed by atoms with Gasteiger partial charge in [0.1, 0.15) is 4.92 Å². The number of piperidine rings is 1. The van der Waals surface area contributed by atoms with E-state index >= 15 is 0 Å². The largest absolute Gasteiger partial charge is 0.433 e. The van der Waals surface area contributed by atoms with Gasteiger partial charge in [0.25, 0.3) is 5.91 Å². The van der Waals surface area contributed by atoms with Gasteiger partial charge in [-0.15, -0.1) is 11.6 Å². The van der Waals surface area contributed by atoms with Crippen molar-refractivity contribution in [2.24, 2.45) is 5.92 Å². The lowest BCUT2D eigenvalue weighted by atomic mass is 9.94. The maximum absolute atomic E-state index is 12.1. The number of rotatable bonds is 3. The minimum absolute atomic E-state index is 0.0177. The number of carbonyl (C=O) groups is 1. The van der Waals surface area contributed by atoms with Gasteiger partial charge in [-0.05, 0) is 31.7 Å². The van der Waals surface area contributed by atoms with Crippen molar-refractivity contribution in [2.45, 2.75) is 25.1 Å². The smallest absolute Gasteiger partial charge is 0.395 e. The van der Waals surface area contributed by atoms with Crippen molar-refractivity contribution >= 4 is 23.4 Å². The molecule has 7 heteroatoms. The molecular formula is C12H15ClN2O4. The molecule has 1 aromatic heterocycles. The van der Waals surface area contributed by atoms with E-state index in [4.69, 9.17) is 16.0 Å². The lowest BCUT2D eigenvalue weighted by molar-refractivity contribution is -0.402. The molecule has 1 amide bonds. The molecule has 1 aromatic rings. The SMILES string of the molecule is CC(Cl)C1CCN(C(=O)c2ccc([N+](=O)[O-])o2)CC1. The van der Waals surface area contributed by atoms with Crippen LogP contribution in [-0.2, 0) is 0 Å². The minimum atomic E-state index is -0.655. The third-order valence-corrected chi connectivity index (χ3v) is 3.82. The van der Waals surface area contributed by atoms with E-state index in [1.807, 2.05) is 6.92 Å². The normalized spacial score (nSPS) is 18.3. The van der Waals surface area contributed by atoms with Crippen LogP contribution >= 0.6 is 11.6 Å². The molecule has 6 nitrogen and oxygen atoms in total. The molecule has 1 atom stereocenters. The van der Waals surface area contributed by atoms with Crippen molar-refractivity contribution in [3.8, 4) is 0 Å². The average molecular weight is 287 g/mol. The fourth-order valence-electron chi connectivity index (χ4n) is 2.26. The van der Waals surface area contributed by atoms with E-state index in [0.717, 1.165) is 12.8 Å². The van der Waals surface area contributed by atoms with E-state index in [-0.39, 0.29) is 17.0 Å². The molecule has 1 fully saturated rings. The number of likely N-dealkylation sites (tertiary alicyclic amines) is 1. The summed E-state index contributed by atoms with van der Waals surface area (Å²) in [5.41, 5.74) is 0. The Labute approximate surface area is 115 Å². The van der Waals surface area contributed by atoms with E-state index in [0.29, 0.717) is 19.0 Å². The lowest BCUT2D eigenvalue weighted by Crippen LogP contribution is -2.39. The van der Waals surface area contributed by atoms with E-state index in [1.54, 1.807) is 4.90 Å². The summed E-state index contributed by atoms with van der Waals surface area (Å²) in [6.07, 6.45) is 1.69. The number of amides is 1. The van der Waals surface area contributed by atoms with Crippen LogP contribution in [0.3, 0.4) is 0 Å².